The number of hydrogen-bond acceptors (Lipinski definition) is 3. The lowest BCUT2D eigenvalue weighted by Gasteiger charge is -2.14. The molecule has 1 unspecified atom stereocenters. The van der Waals surface area contributed by atoms with Crippen molar-refractivity contribution in [2.75, 3.05) is 6.61 Å². The van der Waals surface area contributed by atoms with E-state index in [1.807, 2.05) is 12.1 Å². The molecule has 1 atom stereocenters. The van der Waals surface area contributed by atoms with Gasteiger partial charge in [-0.1, -0.05) is 35.9 Å². The van der Waals surface area contributed by atoms with E-state index in [1.54, 1.807) is 36.4 Å². The van der Waals surface area contributed by atoms with Gasteiger partial charge in [0.05, 0.1) is 6.04 Å². The van der Waals surface area contributed by atoms with Crippen LogP contribution in [0.15, 0.2) is 48.5 Å². The fourth-order valence-corrected chi connectivity index (χ4v) is 1.69. The van der Waals surface area contributed by atoms with Crippen molar-refractivity contribution in [3.63, 3.8) is 0 Å². The molecule has 0 heterocycles. The second kappa shape index (κ2) is 5.76. The average molecular weight is 264 g/mol. The van der Waals surface area contributed by atoms with Gasteiger partial charge in [0.1, 0.15) is 6.61 Å². The van der Waals surface area contributed by atoms with Crippen LogP contribution >= 0.6 is 11.6 Å². The first kappa shape index (κ1) is 12.7. The number of halogens is 1. The molecule has 2 aromatic rings. The predicted molar refractivity (Wildman–Crippen MR) is 72.0 cm³/mol. The molecule has 0 saturated heterocycles. The van der Waals surface area contributed by atoms with Crippen LogP contribution in [0.5, 0.6) is 11.5 Å². The van der Waals surface area contributed by atoms with E-state index in [1.165, 1.54) is 0 Å². The zero-order chi connectivity index (χ0) is 13.0. The molecule has 0 aromatic heterocycles. The zero-order valence-electron chi connectivity index (χ0n) is 9.71. The van der Waals surface area contributed by atoms with E-state index in [-0.39, 0.29) is 11.8 Å². The quantitative estimate of drug-likeness (QED) is 0.891. The molecule has 3 nitrogen and oxygen atoms in total. The summed E-state index contributed by atoms with van der Waals surface area (Å²) in [5.41, 5.74) is 6.93. The van der Waals surface area contributed by atoms with Gasteiger partial charge in [0.2, 0.25) is 0 Å². The summed E-state index contributed by atoms with van der Waals surface area (Å²) in [4.78, 5) is 0. The highest BCUT2D eigenvalue weighted by Crippen LogP contribution is 2.25. The lowest BCUT2D eigenvalue weighted by atomic mass is 10.1. The van der Waals surface area contributed by atoms with Gasteiger partial charge in [-0.3, -0.25) is 0 Å². The summed E-state index contributed by atoms with van der Waals surface area (Å²) in [5.74, 6) is 0.544. The molecule has 2 aromatic carbocycles. The molecule has 0 bridgehead atoms. The number of rotatable bonds is 4. The number of nitrogens with two attached hydrogens (primary N) is 1. The van der Waals surface area contributed by atoms with Crippen LogP contribution in [-0.2, 0) is 0 Å². The maximum absolute atomic E-state index is 9.55. The average Bonchev–Trinajstić information content (AvgIpc) is 2.38. The molecule has 0 radical (unpaired) electrons. The summed E-state index contributed by atoms with van der Waals surface area (Å²) in [6.07, 6.45) is 0. The number of phenols is 1. The molecule has 0 aliphatic carbocycles. The van der Waals surface area contributed by atoms with Gasteiger partial charge < -0.3 is 15.6 Å². The molecular weight excluding hydrogens is 250 g/mol. The summed E-state index contributed by atoms with van der Waals surface area (Å²) in [5, 5.41) is 10.2. The highest BCUT2D eigenvalue weighted by atomic mass is 35.5. The highest BCUT2D eigenvalue weighted by molar-refractivity contribution is 6.30. The summed E-state index contributed by atoms with van der Waals surface area (Å²) in [6.45, 7) is 0.291. The van der Waals surface area contributed by atoms with E-state index in [9.17, 15) is 5.11 Å². The number of ether oxygens (including phenoxy) is 1. The lowest BCUT2D eigenvalue weighted by molar-refractivity contribution is 0.277. The number of aromatic hydroxyl groups is 1. The van der Waals surface area contributed by atoms with Crippen LogP contribution in [0.3, 0.4) is 0 Å². The Kier molecular flexibility index (Phi) is 4.07. The molecule has 18 heavy (non-hydrogen) atoms. The summed E-state index contributed by atoms with van der Waals surface area (Å²) in [6, 6.07) is 13.8. The van der Waals surface area contributed by atoms with Crippen LogP contribution in [0.25, 0.3) is 0 Å². The first-order chi connectivity index (χ1) is 8.66. The second-order valence-corrected chi connectivity index (χ2v) is 4.37. The van der Waals surface area contributed by atoms with Crippen molar-refractivity contribution in [1.82, 2.24) is 0 Å². The molecule has 0 saturated carbocycles. The van der Waals surface area contributed by atoms with Gasteiger partial charge in [-0.25, -0.2) is 0 Å². The Morgan fingerprint density at radius 2 is 1.78 bits per heavy atom. The molecular formula is C14H14ClNO2. The highest BCUT2D eigenvalue weighted by Gasteiger charge is 2.08. The van der Waals surface area contributed by atoms with Crippen LogP contribution in [-0.4, -0.2) is 11.7 Å². The van der Waals surface area contributed by atoms with Crippen LogP contribution in [0, 0.1) is 0 Å². The SMILES string of the molecule is NC(COc1ccccc1O)c1ccc(Cl)cc1. The number of hydrogen-bond donors (Lipinski definition) is 2. The van der Waals surface area contributed by atoms with E-state index < -0.39 is 0 Å². The van der Waals surface area contributed by atoms with Crippen molar-refractivity contribution in [3.05, 3.63) is 59.1 Å². The first-order valence-electron chi connectivity index (χ1n) is 5.58. The van der Waals surface area contributed by atoms with Crippen molar-refractivity contribution in [3.8, 4) is 11.5 Å². The van der Waals surface area contributed by atoms with Crippen molar-refractivity contribution < 1.29 is 9.84 Å². The largest absolute Gasteiger partial charge is 0.504 e. The monoisotopic (exact) mass is 263 g/mol. The second-order valence-electron chi connectivity index (χ2n) is 3.94. The minimum Gasteiger partial charge on any atom is -0.504 e. The Labute approximate surface area is 111 Å². The first-order valence-corrected chi connectivity index (χ1v) is 5.96. The van der Waals surface area contributed by atoms with E-state index in [4.69, 9.17) is 22.1 Å². The Morgan fingerprint density at radius 3 is 2.44 bits per heavy atom. The minimum atomic E-state index is -0.262. The molecule has 0 aliphatic heterocycles. The van der Waals surface area contributed by atoms with E-state index in [2.05, 4.69) is 0 Å². The molecule has 0 spiro atoms. The number of para-hydroxylation sites is 2. The maximum Gasteiger partial charge on any atom is 0.161 e. The molecule has 94 valence electrons. The van der Waals surface area contributed by atoms with Gasteiger partial charge in [0.25, 0.3) is 0 Å². The van der Waals surface area contributed by atoms with Crippen LogP contribution in [0.2, 0.25) is 5.02 Å². The Bertz CT molecular complexity index is 513. The third kappa shape index (κ3) is 3.15. The molecule has 0 fully saturated rings. The third-order valence-corrected chi connectivity index (χ3v) is 2.83. The topological polar surface area (TPSA) is 55.5 Å². The standard InChI is InChI=1S/C14H14ClNO2/c15-11-7-5-10(6-8-11)12(16)9-18-14-4-2-1-3-13(14)17/h1-8,12,17H,9,16H2. The van der Waals surface area contributed by atoms with Crippen molar-refractivity contribution >= 4 is 11.6 Å². The smallest absolute Gasteiger partial charge is 0.161 e. The summed E-state index contributed by atoms with van der Waals surface area (Å²) in [7, 11) is 0. The Balaban J connectivity index is 1.98. The van der Waals surface area contributed by atoms with E-state index >= 15 is 0 Å². The Morgan fingerprint density at radius 1 is 1.11 bits per heavy atom. The van der Waals surface area contributed by atoms with Gasteiger partial charge >= 0.3 is 0 Å². The zero-order valence-corrected chi connectivity index (χ0v) is 10.5. The molecule has 0 amide bonds. The molecule has 2 rings (SSSR count). The molecule has 0 aliphatic rings. The van der Waals surface area contributed by atoms with Crippen LogP contribution in [0.4, 0.5) is 0 Å². The van der Waals surface area contributed by atoms with E-state index in [0.29, 0.717) is 17.4 Å². The van der Waals surface area contributed by atoms with Gasteiger partial charge in [0, 0.05) is 5.02 Å². The predicted octanol–water partition coefficient (Wildman–Crippen LogP) is 3.12. The van der Waals surface area contributed by atoms with Crippen molar-refractivity contribution in [2.24, 2.45) is 5.73 Å². The number of benzene rings is 2. The molecule has 3 N–H and O–H groups in total. The van der Waals surface area contributed by atoms with Crippen molar-refractivity contribution in [1.29, 1.82) is 0 Å². The lowest BCUT2D eigenvalue weighted by Crippen LogP contribution is -2.18. The summed E-state index contributed by atoms with van der Waals surface area (Å²) >= 11 is 5.80. The van der Waals surface area contributed by atoms with E-state index in [0.717, 1.165) is 5.56 Å². The van der Waals surface area contributed by atoms with Gasteiger partial charge in [-0.2, -0.15) is 0 Å². The molecule has 4 heteroatoms. The fraction of sp³-hybridized carbons (Fsp3) is 0.143. The minimum absolute atomic E-state index is 0.112. The van der Waals surface area contributed by atoms with Gasteiger partial charge in [-0.05, 0) is 29.8 Å². The normalized spacial score (nSPS) is 12.1. The fourth-order valence-electron chi connectivity index (χ4n) is 1.56. The maximum atomic E-state index is 9.55. The number of phenolic OH excluding ortho intramolecular Hbond substituents is 1. The van der Waals surface area contributed by atoms with Crippen LogP contribution in [0.1, 0.15) is 11.6 Å². The van der Waals surface area contributed by atoms with Crippen LogP contribution < -0.4 is 10.5 Å². The Hall–Kier alpha value is -1.71. The van der Waals surface area contributed by atoms with Crippen molar-refractivity contribution in [2.45, 2.75) is 6.04 Å². The van der Waals surface area contributed by atoms with Gasteiger partial charge in [0.15, 0.2) is 11.5 Å². The van der Waals surface area contributed by atoms with Gasteiger partial charge in [-0.15, -0.1) is 0 Å². The third-order valence-electron chi connectivity index (χ3n) is 2.58. The summed E-state index contributed by atoms with van der Waals surface area (Å²) < 4.78 is 5.48.